The van der Waals surface area contributed by atoms with Gasteiger partial charge in [0.05, 0.1) is 5.56 Å². The molecule has 0 bridgehead atoms. The Hall–Kier alpha value is -1.77. The molecule has 0 aliphatic heterocycles. The molecule has 0 spiro atoms. The van der Waals surface area contributed by atoms with E-state index in [1.54, 1.807) is 12.1 Å². The minimum Gasteiger partial charge on any atom is -0.166 e. The third-order valence-corrected chi connectivity index (χ3v) is 3.04. The zero-order chi connectivity index (χ0) is 13.9. The molecule has 0 radical (unpaired) electrons. The summed E-state index contributed by atoms with van der Waals surface area (Å²) < 4.78 is 39.2. The Balaban J connectivity index is 2.50. The van der Waals surface area contributed by atoms with Crippen LogP contribution >= 0.6 is 0 Å². The van der Waals surface area contributed by atoms with E-state index < -0.39 is 11.7 Å². The Labute approximate surface area is 110 Å². The number of benzene rings is 2. The lowest BCUT2D eigenvalue weighted by Crippen LogP contribution is -2.09. The molecule has 0 N–H and O–H groups in total. The SMILES string of the molecule is CCCc1ccc(-c2ccccc2)cc1C(F)(F)F. The molecule has 3 heteroatoms. The van der Waals surface area contributed by atoms with E-state index in [0.29, 0.717) is 24.0 Å². The molecule has 2 aromatic rings. The van der Waals surface area contributed by atoms with Crippen LogP contribution in [0.2, 0.25) is 0 Å². The van der Waals surface area contributed by atoms with Gasteiger partial charge in [0.15, 0.2) is 0 Å². The second-order valence-electron chi connectivity index (χ2n) is 4.49. The van der Waals surface area contributed by atoms with Gasteiger partial charge < -0.3 is 0 Å². The smallest absolute Gasteiger partial charge is 0.166 e. The van der Waals surface area contributed by atoms with Crippen molar-refractivity contribution in [1.29, 1.82) is 0 Å². The Kier molecular flexibility index (Phi) is 3.93. The number of halogens is 3. The van der Waals surface area contributed by atoms with E-state index in [2.05, 4.69) is 0 Å². The second-order valence-corrected chi connectivity index (χ2v) is 4.49. The molecule has 0 aliphatic carbocycles. The third-order valence-electron chi connectivity index (χ3n) is 3.04. The maximum absolute atomic E-state index is 13.1. The lowest BCUT2D eigenvalue weighted by molar-refractivity contribution is -0.138. The molecule has 0 aromatic heterocycles. The fraction of sp³-hybridized carbons (Fsp3) is 0.250. The summed E-state index contributed by atoms with van der Waals surface area (Å²) in [7, 11) is 0. The van der Waals surface area contributed by atoms with E-state index >= 15 is 0 Å². The van der Waals surface area contributed by atoms with Crippen molar-refractivity contribution in [2.75, 3.05) is 0 Å². The van der Waals surface area contributed by atoms with Crippen molar-refractivity contribution in [3.63, 3.8) is 0 Å². The van der Waals surface area contributed by atoms with Crippen LogP contribution in [0.4, 0.5) is 13.2 Å². The molecule has 0 aliphatic rings. The molecule has 19 heavy (non-hydrogen) atoms. The van der Waals surface area contributed by atoms with Gasteiger partial charge in [-0.15, -0.1) is 0 Å². The summed E-state index contributed by atoms with van der Waals surface area (Å²) in [6.45, 7) is 1.88. The van der Waals surface area contributed by atoms with Crippen LogP contribution in [-0.2, 0) is 12.6 Å². The van der Waals surface area contributed by atoms with Gasteiger partial charge in [-0.3, -0.25) is 0 Å². The van der Waals surface area contributed by atoms with Crippen LogP contribution in [0.15, 0.2) is 48.5 Å². The van der Waals surface area contributed by atoms with Crippen molar-refractivity contribution in [3.8, 4) is 11.1 Å². The van der Waals surface area contributed by atoms with Crippen LogP contribution < -0.4 is 0 Å². The van der Waals surface area contributed by atoms with E-state index in [1.165, 1.54) is 6.07 Å². The second kappa shape index (κ2) is 5.47. The van der Waals surface area contributed by atoms with Crippen LogP contribution in [0.1, 0.15) is 24.5 Å². The fourth-order valence-corrected chi connectivity index (χ4v) is 2.14. The van der Waals surface area contributed by atoms with Crippen molar-refractivity contribution in [3.05, 3.63) is 59.7 Å². The minimum absolute atomic E-state index is 0.370. The molecule has 0 saturated carbocycles. The van der Waals surface area contributed by atoms with Crippen molar-refractivity contribution < 1.29 is 13.2 Å². The van der Waals surface area contributed by atoms with Crippen LogP contribution in [0.5, 0.6) is 0 Å². The highest BCUT2D eigenvalue weighted by Crippen LogP contribution is 2.35. The Bertz CT molecular complexity index is 542. The van der Waals surface area contributed by atoms with E-state index in [0.717, 1.165) is 5.56 Å². The average Bonchev–Trinajstić information content (AvgIpc) is 2.39. The first-order valence-electron chi connectivity index (χ1n) is 6.28. The van der Waals surface area contributed by atoms with Crippen LogP contribution in [0.3, 0.4) is 0 Å². The normalized spacial score (nSPS) is 11.6. The molecule has 0 fully saturated rings. The van der Waals surface area contributed by atoms with Gasteiger partial charge in [-0.05, 0) is 29.2 Å². The lowest BCUT2D eigenvalue weighted by atomic mass is 9.96. The summed E-state index contributed by atoms with van der Waals surface area (Å²) in [5.41, 5.74) is 1.26. The van der Waals surface area contributed by atoms with Crippen LogP contribution in [0.25, 0.3) is 11.1 Å². The molecular formula is C16H15F3. The molecule has 2 rings (SSSR count). The standard InChI is InChI=1S/C16H15F3/c1-2-6-13-9-10-14(11-15(13)16(17,18)19)12-7-4-3-5-8-12/h3-5,7-11H,2,6H2,1H3. The van der Waals surface area contributed by atoms with E-state index in [-0.39, 0.29) is 0 Å². The summed E-state index contributed by atoms with van der Waals surface area (Å²) in [5, 5.41) is 0. The zero-order valence-corrected chi connectivity index (χ0v) is 10.7. The molecular weight excluding hydrogens is 249 g/mol. The first kappa shape index (κ1) is 13.7. The fourth-order valence-electron chi connectivity index (χ4n) is 2.14. The summed E-state index contributed by atoms with van der Waals surface area (Å²) in [5.74, 6) is 0. The minimum atomic E-state index is -4.30. The number of rotatable bonds is 3. The van der Waals surface area contributed by atoms with Crippen molar-refractivity contribution in [2.45, 2.75) is 25.9 Å². The topological polar surface area (TPSA) is 0 Å². The van der Waals surface area contributed by atoms with Gasteiger partial charge in [0.1, 0.15) is 0 Å². The lowest BCUT2D eigenvalue weighted by Gasteiger charge is -2.14. The van der Waals surface area contributed by atoms with Gasteiger partial charge in [0.2, 0.25) is 0 Å². The average molecular weight is 264 g/mol. The number of hydrogen-bond donors (Lipinski definition) is 0. The summed E-state index contributed by atoms with van der Waals surface area (Å²) in [6.07, 6.45) is -3.15. The molecule has 0 nitrogen and oxygen atoms in total. The van der Waals surface area contributed by atoms with E-state index in [9.17, 15) is 13.2 Å². The molecule has 0 atom stereocenters. The van der Waals surface area contributed by atoms with E-state index in [4.69, 9.17) is 0 Å². The molecule has 0 saturated heterocycles. The maximum atomic E-state index is 13.1. The highest BCUT2D eigenvalue weighted by Gasteiger charge is 2.33. The van der Waals surface area contributed by atoms with Crippen LogP contribution in [0, 0.1) is 0 Å². The van der Waals surface area contributed by atoms with Gasteiger partial charge in [0.25, 0.3) is 0 Å². The van der Waals surface area contributed by atoms with Gasteiger partial charge in [0, 0.05) is 0 Å². The zero-order valence-electron chi connectivity index (χ0n) is 10.7. The van der Waals surface area contributed by atoms with Crippen molar-refractivity contribution in [2.24, 2.45) is 0 Å². The summed E-state index contributed by atoms with van der Waals surface area (Å²) >= 11 is 0. The molecule has 0 heterocycles. The first-order valence-corrected chi connectivity index (χ1v) is 6.28. The Morgan fingerprint density at radius 1 is 0.895 bits per heavy atom. The molecule has 2 aromatic carbocycles. The van der Waals surface area contributed by atoms with Gasteiger partial charge in [-0.2, -0.15) is 13.2 Å². The van der Waals surface area contributed by atoms with Crippen molar-refractivity contribution in [1.82, 2.24) is 0 Å². The van der Waals surface area contributed by atoms with Gasteiger partial charge in [-0.1, -0.05) is 55.8 Å². The molecule has 0 amide bonds. The largest absolute Gasteiger partial charge is 0.416 e. The predicted octanol–water partition coefficient (Wildman–Crippen LogP) is 5.32. The van der Waals surface area contributed by atoms with Gasteiger partial charge >= 0.3 is 6.18 Å². The van der Waals surface area contributed by atoms with Gasteiger partial charge in [-0.25, -0.2) is 0 Å². The quantitative estimate of drug-likeness (QED) is 0.703. The predicted molar refractivity (Wildman–Crippen MR) is 70.9 cm³/mol. The molecule has 100 valence electrons. The third kappa shape index (κ3) is 3.16. The summed E-state index contributed by atoms with van der Waals surface area (Å²) in [4.78, 5) is 0. The van der Waals surface area contributed by atoms with E-state index in [1.807, 2.05) is 37.3 Å². The maximum Gasteiger partial charge on any atom is 0.416 e. The highest BCUT2D eigenvalue weighted by atomic mass is 19.4. The highest BCUT2D eigenvalue weighted by molar-refractivity contribution is 5.65. The number of hydrogen-bond acceptors (Lipinski definition) is 0. The Morgan fingerprint density at radius 2 is 1.58 bits per heavy atom. The molecule has 0 unspecified atom stereocenters. The monoisotopic (exact) mass is 264 g/mol. The van der Waals surface area contributed by atoms with Crippen molar-refractivity contribution >= 4 is 0 Å². The Morgan fingerprint density at radius 3 is 2.16 bits per heavy atom. The number of aryl methyl sites for hydroxylation is 1. The summed E-state index contributed by atoms with van der Waals surface area (Å²) in [6, 6.07) is 13.7. The number of alkyl halides is 3. The van der Waals surface area contributed by atoms with Crippen LogP contribution in [-0.4, -0.2) is 0 Å². The first-order chi connectivity index (χ1) is 9.02.